The van der Waals surface area contributed by atoms with Crippen molar-refractivity contribution in [2.45, 2.75) is 114 Å². The number of amides is 2. The topological polar surface area (TPSA) is 249 Å². The number of aliphatic hydroxyl groups is 3. The van der Waals surface area contributed by atoms with Gasteiger partial charge in [0.1, 0.15) is 30.1 Å². The second-order valence-electron chi connectivity index (χ2n) is 16.0. The van der Waals surface area contributed by atoms with Crippen molar-refractivity contribution in [1.29, 1.82) is 0 Å². The van der Waals surface area contributed by atoms with E-state index >= 15 is 0 Å². The highest BCUT2D eigenvalue weighted by molar-refractivity contribution is 6.74. The maximum Gasteiger partial charge on any atom is 0.432 e. The van der Waals surface area contributed by atoms with Gasteiger partial charge in [0.05, 0.1) is 37.5 Å². The number of hydrogen-bond donors (Lipinski definition) is 7. The van der Waals surface area contributed by atoms with Crippen molar-refractivity contribution in [3.8, 4) is 5.75 Å². The fourth-order valence-corrected chi connectivity index (χ4v) is 7.55. The molecule has 59 heavy (non-hydrogen) atoms. The first-order valence-corrected chi connectivity index (χ1v) is 22.3. The predicted molar refractivity (Wildman–Crippen MR) is 218 cm³/mol. The number of rotatable bonds is 19. The number of ether oxygens (including phenoxy) is 2. The Morgan fingerprint density at radius 3 is 2.24 bits per heavy atom. The normalized spacial score (nSPS) is 20.2. The number of para-hydroxylation sites is 1. The Labute approximate surface area is 343 Å². The number of carboxylic acids is 1. The molecule has 0 spiro atoms. The number of anilines is 1. The van der Waals surface area contributed by atoms with Gasteiger partial charge in [-0.3, -0.25) is 23.5 Å². The average Bonchev–Trinajstić information content (AvgIpc) is 3.49. The molecule has 1 aliphatic rings. The first-order chi connectivity index (χ1) is 27.7. The second-order valence-corrected chi connectivity index (χ2v) is 20.8. The summed E-state index contributed by atoms with van der Waals surface area (Å²) in [5, 5.41) is 48.2. The number of aliphatic hydroxyl groups excluding tert-OH is 3. The van der Waals surface area contributed by atoms with Crippen molar-refractivity contribution in [1.82, 2.24) is 19.8 Å². The Kier molecular flexibility index (Phi) is 16.0. The molecule has 7 N–H and O–H groups in total. The van der Waals surface area contributed by atoms with Gasteiger partial charge in [0.15, 0.2) is 14.5 Å². The average molecular weight is 844 g/mol. The van der Waals surface area contributed by atoms with Crippen LogP contribution in [0.25, 0.3) is 0 Å². The summed E-state index contributed by atoms with van der Waals surface area (Å²) in [6, 6.07) is 15.1. The van der Waals surface area contributed by atoms with Crippen LogP contribution < -0.4 is 32.1 Å². The number of aliphatic carboxylic acids is 1. The Balaban J connectivity index is 1.45. The number of carbonyl (C=O) groups excluding carboxylic acids is 2. The molecular formula is C40H57N5O13Si. The molecule has 0 bridgehead atoms. The predicted octanol–water partition coefficient (Wildman–Crippen LogP) is 2.57. The lowest BCUT2D eigenvalue weighted by atomic mass is 9.90. The van der Waals surface area contributed by atoms with Gasteiger partial charge in [0.2, 0.25) is 5.91 Å². The lowest BCUT2D eigenvalue weighted by Gasteiger charge is -2.40. The minimum atomic E-state index is -2.71. The van der Waals surface area contributed by atoms with Gasteiger partial charge in [-0.15, -0.1) is 0 Å². The van der Waals surface area contributed by atoms with E-state index in [1.54, 1.807) is 54.6 Å². The van der Waals surface area contributed by atoms with Crippen molar-refractivity contribution >= 4 is 32.0 Å². The SMILES string of the molecule is COc1ccc(Cn2c(=O)ccn([C@@H]3O[C@H](C(O)[C@H](CCCCNC(=O)[C@@H](NC(=O)ONc4ccccc4)[C@H](C)O)C(=O)O)[C@@H](O)[C@H]3O[Si](C)(C)C(C)(C)C)c2=O)cc1. The number of benzene rings is 2. The molecule has 18 nitrogen and oxygen atoms in total. The molecule has 0 radical (unpaired) electrons. The lowest BCUT2D eigenvalue weighted by Crippen LogP contribution is -2.53. The molecule has 1 aliphatic heterocycles. The Morgan fingerprint density at radius 1 is 0.983 bits per heavy atom. The van der Waals surface area contributed by atoms with E-state index in [-0.39, 0.29) is 37.4 Å². The second kappa shape index (κ2) is 20.3. The van der Waals surface area contributed by atoms with E-state index in [1.807, 2.05) is 33.9 Å². The van der Waals surface area contributed by atoms with Gasteiger partial charge >= 0.3 is 17.8 Å². The fraction of sp³-hybridized carbons (Fsp3) is 0.525. The first-order valence-electron chi connectivity index (χ1n) is 19.4. The molecule has 0 saturated carbocycles. The van der Waals surface area contributed by atoms with Gasteiger partial charge < -0.3 is 49.8 Å². The maximum absolute atomic E-state index is 14.0. The van der Waals surface area contributed by atoms with Crippen LogP contribution in [0.4, 0.5) is 10.5 Å². The molecule has 4 rings (SSSR count). The molecule has 8 atom stereocenters. The number of hydrogen-bond acceptors (Lipinski definition) is 13. The quantitative estimate of drug-likeness (QED) is 0.0521. The Morgan fingerprint density at radius 2 is 1.64 bits per heavy atom. The van der Waals surface area contributed by atoms with Crippen LogP contribution in [0.1, 0.15) is 58.7 Å². The van der Waals surface area contributed by atoms with Crippen molar-refractivity contribution in [3.05, 3.63) is 93.3 Å². The molecule has 324 valence electrons. The summed E-state index contributed by atoms with van der Waals surface area (Å²) in [4.78, 5) is 69.5. The summed E-state index contributed by atoms with van der Waals surface area (Å²) in [5.74, 6) is -2.93. The Hall–Kier alpha value is -5.05. The van der Waals surface area contributed by atoms with Crippen molar-refractivity contribution in [2.24, 2.45) is 5.92 Å². The van der Waals surface area contributed by atoms with Crippen LogP contribution in [0.15, 0.2) is 76.4 Å². The summed E-state index contributed by atoms with van der Waals surface area (Å²) in [7, 11) is -1.19. The van der Waals surface area contributed by atoms with E-state index in [0.29, 0.717) is 17.0 Å². The van der Waals surface area contributed by atoms with E-state index in [9.17, 15) is 44.4 Å². The van der Waals surface area contributed by atoms with Crippen molar-refractivity contribution < 1.29 is 53.5 Å². The fourth-order valence-electron chi connectivity index (χ4n) is 6.26. The van der Waals surface area contributed by atoms with Gasteiger partial charge in [-0.1, -0.05) is 57.5 Å². The highest BCUT2D eigenvalue weighted by atomic mass is 28.4. The summed E-state index contributed by atoms with van der Waals surface area (Å²) >= 11 is 0. The number of carbonyl (C=O) groups is 3. The van der Waals surface area contributed by atoms with Crippen LogP contribution in [0.2, 0.25) is 18.1 Å². The number of nitrogens with zero attached hydrogens (tertiary/aromatic N) is 2. The van der Waals surface area contributed by atoms with Crippen LogP contribution in [0.3, 0.4) is 0 Å². The van der Waals surface area contributed by atoms with Gasteiger partial charge in [0.25, 0.3) is 5.56 Å². The third-order valence-electron chi connectivity index (χ3n) is 10.7. The van der Waals surface area contributed by atoms with Crippen LogP contribution in [-0.2, 0) is 30.1 Å². The zero-order valence-electron chi connectivity index (χ0n) is 34.4. The molecule has 1 saturated heterocycles. The molecule has 1 unspecified atom stereocenters. The third kappa shape index (κ3) is 12.0. The third-order valence-corrected chi connectivity index (χ3v) is 15.2. The molecule has 2 heterocycles. The smallest absolute Gasteiger partial charge is 0.432 e. The standard InChI is InChI=1S/C40H57N5O13Si/c1-24(46)30(42-38(53)57-43-26-13-9-8-10-14-26)35(50)41-21-12-11-15-28(37(51)52)31(48)33-32(49)34(58-59(6,7)40(2,3)4)36(56-33)44-22-20-29(47)45(39(44)54)23-25-16-18-27(55-5)19-17-25/h8-10,13-14,16-20,22,24,28,30-34,36,43,46,48-49H,11-12,15,21,23H2,1-7H3,(H,41,50)(H,42,53)(H,51,52)/t24-,28-,30-,31?,32+,33+,34+,36+/m0/s1. The zero-order valence-corrected chi connectivity index (χ0v) is 35.4. The molecule has 2 amide bonds. The molecular weight excluding hydrogens is 787 g/mol. The summed E-state index contributed by atoms with van der Waals surface area (Å²) in [5.41, 5.74) is 2.20. The number of aromatic nitrogens is 2. The zero-order chi connectivity index (χ0) is 43.7. The highest BCUT2D eigenvalue weighted by Crippen LogP contribution is 2.42. The van der Waals surface area contributed by atoms with E-state index in [0.717, 1.165) is 9.13 Å². The van der Waals surface area contributed by atoms with E-state index in [4.69, 9.17) is 18.7 Å². The van der Waals surface area contributed by atoms with Crippen LogP contribution in [0, 0.1) is 5.92 Å². The first kappa shape index (κ1) is 46.6. The van der Waals surface area contributed by atoms with E-state index in [1.165, 1.54) is 26.3 Å². The summed E-state index contributed by atoms with van der Waals surface area (Å²) < 4.78 is 20.1. The van der Waals surface area contributed by atoms with Crippen LogP contribution >= 0.6 is 0 Å². The molecule has 2 aromatic carbocycles. The molecule has 19 heteroatoms. The summed E-state index contributed by atoms with van der Waals surface area (Å²) in [6.07, 6.45) is -8.18. The van der Waals surface area contributed by atoms with Gasteiger partial charge in [-0.2, -0.15) is 0 Å². The highest BCUT2D eigenvalue weighted by Gasteiger charge is 2.54. The number of unbranched alkanes of at least 4 members (excludes halogenated alkanes) is 1. The minimum absolute atomic E-state index is 0.0334. The van der Waals surface area contributed by atoms with Crippen LogP contribution in [0.5, 0.6) is 5.75 Å². The van der Waals surface area contributed by atoms with Crippen LogP contribution in [-0.4, -0.2) is 106 Å². The monoisotopic (exact) mass is 843 g/mol. The molecule has 1 fully saturated rings. The maximum atomic E-state index is 14.0. The number of nitrogens with one attached hydrogen (secondary N) is 3. The molecule has 1 aromatic heterocycles. The summed E-state index contributed by atoms with van der Waals surface area (Å²) in [6.45, 7) is 11.1. The Bertz CT molecular complexity index is 1980. The number of methoxy groups -OCH3 is 1. The van der Waals surface area contributed by atoms with E-state index < -0.39 is 86.2 Å². The van der Waals surface area contributed by atoms with Crippen molar-refractivity contribution in [2.75, 3.05) is 19.1 Å². The largest absolute Gasteiger partial charge is 0.497 e. The van der Waals surface area contributed by atoms with Gasteiger partial charge in [-0.25, -0.2) is 15.1 Å². The van der Waals surface area contributed by atoms with Gasteiger partial charge in [0, 0.05) is 18.8 Å². The van der Waals surface area contributed by atoms with E-state index in [2.05, 4.69) is 16.1 Å². The lowest BCUT2D eigenvalue weighted by molar-refractivity contribution is -0.155. The minimum Gasteiger partial charge on any atom is -0.497 e. The number of carboxylic acid groups (broad SMARTS) is 1. The van der Waals surface area contributed by atoms with Gasteiger partial charge in [-0.05, 0) is 67.7 Å². The molecule has 0 aliphatic carbocycles. The van der Waals surface area contributed by atoms with Crippen molar-refractivity contribution in [3.63, 3.8) is 0 Å². The molecule has 3 aromatic rings.